The Morgan fingerprint density at radius 2 is 1.88 bits per heavy atom. The highest BCUT2D eigenvalue weighted by Crippen LogP contribution is 2.34. The fourth-order valence-electron chi connectivity index (χ4n) is 3.50. The fourth-order valence-corrected chi connectivity index (χ4v) is 3.50. The molecule has 0 aliphatic heterocycles. The van der Waals surface area contributed by atoms with Gasteiger partial charge in [0.05, 0.1) is 24.2 Å². The van der Waals surface area contributed by atoms with Gasteiger partial charge in [0.1, 0.15) is 12.4 Å². The number of para-hydroxylation sites is 1. The Balaban J connectivity index is 1.68. The van der Waals surface area contributed by atoms with Gasteiger partial charge in [-0.2, -0.15) is 5.10 Å². The second kappa shape index (κ2) is 9.99. The van der Waals surface area contributed by atoms with Crippen molar-refractivity contribution in [1.82, 2.24) is 9.66 Å². The van der Waals surface area contributed by atoms with Gasteiger partial charge in [0.25, 0.3) is 5.56 Å². The van der Waals surface area contributed by atoms with Crippen LogP contribution in [0, 0.1) is 5.82 Å². The summed E-state index contributed by atoms with van der Waals surface area (Å²) in [6.45, 7) is 4.01. The molecule has 1 aromatic heterocycles. The third-order valence-corrected chi connectivity index (χ3v) is 5.14. The van der Waals surface area contributed by atoms with Gasteiger partial charge >= 0.3 is 5.69 Å². The lowest BCUT2D eigenvalue weighted by Gasteiger charge is -2.16. The molecule has 0 amide bonds. The molecule has 0 unspecified atom stereocenters. The summed E-state index contributed by atoms with van der Waals surface area (Å²) in [5.74, 6) is 0.647. The molecule has 0 bridgehead atoms. The number of halogens is 1. The maximum atomic E-state index is 13.2. The minimum atomic E-state index is -0.641. The van der Waals surface area contributed by atoms with E-state index in [0.29, 0.717) is 34.4 Å². The number of hydrogen-bond acceptors (Lipinski definition) is 5. The Kier molecular flexibility index (Phi) is 6.68. The lowest BCUT2D eigenvalue weighted by Crippen LogP contribution is -2.32. The maximum Gasteiger partial charge on any atom is 0.349 e. The smallest absolute Gasteiger partial charge is 0.349 e. The van der Waals surface area contributed by atoms with E-state index in [1.807, 2.05) is 6.07 Å². The third kappa shape index (κ3) is 4.80. The van der Waals surface area contributed by atoms with Crippen LogP contribution in [0.2, 0.25) is 0 Å². The van der Waals surface area contributed by atoms with E-state index in [0.717, 1.165) is 15.8 Å². The third-order valence-electron chi connectivity index (χ3n) is 5.14. The molecule has 0 atom stereocenters. The van der Waals surface area contributed by atoms with Gasteiger partial charge in [0.2, 0.25) is 0 Å². The van der Waals surface area contributed by atoms with Crippen molar-refractivity contribution in [3.8, 4) is 11.5 Å². The number of ether oxygens (including phenoxy) is 2. The van der Waals surface area contributed by atoms with Crippen LogP contribution in [0.4, 0.5) is 4.39 Å². The fraction of sp³-hybridized carbons (Fsp3) is 0.115. The first-order valence-corrected chi connectivity index (χ1v) is 10.5. The summed E-state index contributed by atoms with van der Waals surface area (Å²) < 4.78 is 25.5. The van der Waals surface area contributed by atoms with Gasteiger partial charge in [-0.05, 0) is 53.9 Å². The number of benzene rings is 3. The predicted octanol–water partition coefficient (Wildman–Crippen LogP) is 4.03. The molecular formula is C26H22FN3O4. The first-order chi connectivity index (χ1) is 16.5. The molecule has 0 radical (unpaired) electrons. The van der Waals surface area contributed by atoms with E-state index in [4.69, 9.17) is 9.47 Å². The van der Waals surface area contributed by atoms with E-state index >= 15 is 0 Å². The molecule has 0 aliphatic carbocycles. The van der Waals surface area contributed by atoms with Crippen LogP contribution in [0.15, 0.2) is 88.0 Å². The van der Waals surface area contributed by atoms with E-state index < -0.39 is 11.2 Å². The summed E-state index contributed by atoms with van der Waals surface area (Å²) in [7, 11) is 1.51. The highest BCUT2D eigenvalue weighted by Gasteiger charge is 2.13. The van der Waals surface area contributed by atoms with Crippen molar-refractivity contribution >= 4 is 17.1 Å². The summed E-state index contributed by atoms with van der Waals surface area (Å²) in [4.78, 5) is 27.7. The van der Waals surface area contributed by atoms with Gasteiger partial charge in [-0.3, -0.25) is 4.79 Å². The van der Waals surface area contributed by atoms with Crippen molar-refractivity contribution in [2.75, 3.05) is 7.11 Å². The topological polar surface area (TPSA) is 85.7 Å². The number of allylic oxidation sites excluding steroid dienone is 1. The molecule has 4 aromatic rings. The van der Waals surface area contributed by atoms with E-state index in [-0.39, 0.29) is 12.4 Å². The first kappa shape index (κ1) is 22.7. The maximum absolute atomic E-state index is 13.2. The Labute approximate surface area is 194 Å². The van der Waals surface area contributed by atoms with Crippen molar-refractivity contribution in [3.63, 3.8) is 0 Å². The van der Waals surface area contributed by atoms with Crippen molar-refractivity contribution < 1.29 is 13.9 Å². The normalized spacial score (nSPS) is 11.1. The van der Waals surface area contributed by atoms with Crippen LogP contribution in [-0.4, -0.2) is 23.0 Å². The van der Waals surface area contributed by atoms with Gasteiger partial charge in [-0.25, -0.2) is 9.18 Å². The standard InChI is InChI=1S/C26H22FN3O4/c1-3-6-19-13-18(14-23(33-2)24(19)34-16-17-9-11-20(27)12-10-17)15-28-30-25(31)21-7-4-5-8-22(21)29-26(30)32/h3-5,7-15H,1,6,16H2,2H3,(H,29,32). The molecule has 1 N–H and O–H groups in total. The second-order valence-electron chi connectivity index (χ2n) is 7.46. The monoisotopic (exact) mass is 459 g/mol. The van der Waals surface area contributed by atoms with E-state index in [1.165, 1.54) is 25.5 Å². The largest absolute Gasteiger partial charge is 0.493 e. The molecule has 0 fully saturated rings. The second-order valence-corrected chi connectivity index (χ2v) is 7.46. The predicted molar refractivity (Wildman–Crippen MR) is 129 cm³/mol. The van der Waals surface area contributed by atoms with Gasteiger partial charge in [-0.1, -0.05) is 30.3 Å². The van der Waals surface area contributed by atoms with Gasteiger partial charge in [-0.15, -0.1) is 11.3 Å². The van der Waals surface area contributed by atoms with Gasteiger partial charge < -0.3 is 14.5 Å². The van der Waals surface area contributed by atoms with Crippen molar-refractivity contribution in [2.45, 2.75) is 13.0 Å². The minimum absolute atomic E-state index is 0.218. The lowest BCUT2D eigenvalue weighted by molar-refractivity contribution is 0.282. The zero-order valence-electron chi connectivity index (χ0n) is 18.5. The molecule has 1 heterocycles. The summed E-state index contributed by atoms with van der Waals surface area (Å²) in [5, 5.41) is 4.47. The summed E-state index contributed by atoms with van der Waals surface area (Å²) >= 11 is 0. The SMILES string of the molecule is C=CCc1cc(C=Nn2c(=O)[nH]c3ccccc3c2=O)cc(OC)c1OCc1ccc(F)cc1. The van der Waals surface area contributed by atoms with Crippen LogP contribution in [0.3, 0.4) is 0 Å². The molecule has 34 heavy (non-hydrogen) atoms. The number of hydrogen-bond donors (Lipinski definition) is 1. The molecule has 0 saturated carbocycles. The number of methoxy groups -OCH3 is 1. The first-order valence-electron chi connectivity index (χ1n) is 10.5. The van der Waals surface area contributed by atoms with Crippen LogP contribution in [-0.2, 0) is 13.0 Å². The quantitative estimate of drug-likeness (QED) is 0.319. The molecular weight excluding hydrogens is 437 g/mol. The van der Waals surface area contributed by atoms with Gasteiger partial charge in [0.15, 0.2) is 11.5 Å². The Hall–Kier alpha value is -4.46. The van der Waals surface area contributed by atoms with Crippen LogP contribution >= 0.6 is 0 Å². The highest BCUT2D eigenvalue weighted by molar-refractivity contribution is 5.82. The molecule has 3 aromatic carbocycles. The van der Waals surface area contributed by atoms with Crippen LogP contribution in [0.1, 0.15) is 16.7 Å². The van der Waals surface area contributed by atoms with Crippen LogP contribution in [0.25, 0.3) is 10.9 Å². The van der Waals surface area contributed by atoms with E-state index in [9.17, 15) is 14.0 Å². The average molecular weight is 459 g/mol. The molecule has 0 aliphatic rings. The number of H-pyrrole nitrogens is 1. The Morgan fingerprint density at radius 1 is 1.12 bits per heavy atom. The van der Waals surface area contributed by atoms with Crippen molar-refractivity contribution in [1.29, 1.82) is 0 Å². The zero-order chi connectivity index (χ0) is 24.1. The summed E-state index contributed by atoms with van der Waals surface area (Å²) in [6, 6.07) is 16.3. The lowest BCUT2D eigenvalue weighted by atomic mass is 10.1. The van der Waals surface area contributed by atoms with Crippen molar-refractivity contribution in [2.24, 2.45) is 5.10 Å². The molecule has 0 saturated heterocycles. The van der Waals surface area contributed by atoms with Gasteiger partial charge in [0, 0.05) is 5.56 Å². The highest BCUT2D eigenvalue weighted by atomic mass is 19.1. The zero-order valence-corrected chi connectivity index (χ0v) is 18.5. The Bertz CT molecular complexity index is 1490. The number of aromatic nitrogens is 2. The average Bonchev–Trinajstić information content (AvgIpc) is 2.84. The molecule has 8 heteroatoms. The molecule has 172 valence electrons. The van der Waals surface area contributed by atoms with Crippen molar-refractivity contribution in [3.05, 3.63) is 117 Å². The number of rotatable bonds is 8. The summed E-state index contributed by atoms with van der Waals surface area (Å²) in [5.41, 5.74) is 1.46. The summed E-state index contributed by atoms with van der Waals surface area (Å²) in [6.07, 6.45) is 3.61. The van der Waals surface area contributed by atoms with E-state index in [1.54, 1.807) is 48.5 Å². The number of nitrogens with zero attached hydrogens (tertiary/aromatic N) is 2. The molecule has 4 rings (SSSR count). The minimum Gasteiger partial charge on any atom is -0.493 e. The van der Waals surface area contributed by atoms with Crippen LogP contribution in [0.5, 0.6) is 11.5 Å². The molecule has 0 spiro atoms. The molecule has 7 nitrogen and oxygen atoms in total. The Morgan fingerprint density at radius 3 is 2.62 bits per heavy atom. The number of fused-ring (bicyclic) bond motifs is 1. The van der Waals surface area contributed by atoms with Crippen LogP contribution < -0.4 is 20.7 Å². The number of aromatic amines is 1. The number of nitrogens with one attached hydrogen (secondary N) is 1. The van der Waals surface area contributed by atoms with E-state index in [2.05, 4.69) is 16.7 Å².